The molecule has 21 heavy (non-hydrogen) atoms. The van der Waals surface area contributed by atoms with Crippen molar-refractivity contribution >= 4 is 17.7 Å². The van der Waals surface area contributed by atoms with Gasteiger partial charge >= 0.3 is 5.97 Å². The van der Waals surface area contributed by atoms with Crippen LogP contribution < -0.4 is 5.32 Å². The van der Waals surface area contributed by atoms with Crippen LogP contribution in [-0.2, 0) is 9.53 Å². The number of esters is 1. The summed E-state index contributed by atoms with van der Waals surface area (Å²) in [5.74, 6) is -0.149. The smallest absolute Gasteiger partial charge is 0.326 e. The van der Waals surface area contributed by atoms with Gasteiger partial charge < -0.3 is 10.1 Å². The highest BCUT2D eigenvalue weighted by Gasteiger charge is 2.46. The Morgan fingerprint density at radius 2 is 2.24 bits per heavy atom. The highest BCUT2D eigenvalue weighted by Crippen LogP contribution is 2.39. The van der Waals surface area contributed by atoms with Gasteiger partial charge in [-0.15, -0.1) is 0 Å². The molecule has 0 saturated heterocycles. The number of nitrogens with one attached hydrogen (secondary N) is 1. The summed E-state index contributed by atoms with van der Waals surface area (Å²) in [5, 5.41) is 4.51. The molecular formula is C15H23N3O2S. The minimum atomic E-state index is -0.535. The van der Waals surface area contributed by atoms with E-state index < -0.39 is 5.54 Å². The summed E-state index contributed by atoms with van der Waals surface area (Å²) in [6.45, 7) is 4.90. The summed E-state index contributed by atoms with van der Waals surface area (Å²) in [4.78, 5) is 20.8. The third-order valence-electron chi connectivity index (χ3n) is 3.79. The van der Waals surface area contributed by atoms with Crippen molar-refractivity contribution in [2.75, 3.05) is 13.7 Å². The SMILES string of the molecule is CCCNC1(C(=O)OC)CCC(Sc2ncc(C)cn2)C1. The zero-order valence-electron chi connectivity index (χ0n) is 12.9. The Kier molecular flexibility index (Phi) is 5.58. The van der Waals surface area contributed by atoms with Gasteiger partial charge in [0.05, 0.1) is 7.11 Å². The topological polar surface area (TPSA) is 64.1 Å². The molecule has 5 nitrogen and oxygen atoms in total. The van der Waals surface area contributed by atoms with Gasteiger partial charge in [0.15, 0.2) is 5.16 Å². The predicted molar refractivity (Wildman–Crippen MR) is 83.3 cm³/mol. The van der Waals surface area contributed by atoms with Crippen molar-refractivity contribution in [2.45, 2.75) is 55.5 Å². The van der Waals surface area contributed by atoms with Crippen LogP contribution in [-0.4, -0.2) is 40.4 Å². The van der Waals surface area contributed by atoms with E-state index in [2.05, 4.69) is 22.2 Å². The summed E-state index contributed by atoms with van der Waals surface area (Å²) in [5.41, 5.74) is 0.520. The number of ether oxygens (including phenoxy) is 1. The molecule has 0 radical (unpaired) electrons. The van der Waals surface area contributed by atoms with E-state index in [1.807, 2.05) is 19.3 Å². The fourth-order valence-electron chi connectivity index (χ4n) is 2.67. The first kappa shape index (κ1) is 16.2. The lowest BCUT2D eigenvalue weighted by Crippen LogP contribution is -2.51. The fraction of sp³-hybridized carbons (Fsp3) is 0.667. The summed E-state index contributed by atoms with van der Waals surface area (Å²) < 4.78 is 5.01. The van der Waals surface area contributed by atoms with Crippen LogP contribution >= 0.6 is 11.8 Å². The third-order valence-corrected chi connectivity index (χ3v) is 4.95. The van der Waals surface area contributed by atoms with Crippen molar-refractivity contribution in [1.82, 2.24) is 15.3 Å². The lowest BCUT2D eigenvalue weighted by Gasteiger charge is -2.27. The highest BCUT2D eigenvalue weighted by molar-refractivity contribution is 7.99. The van der Waals surface area contributed by atoms with Gasteiger partial charge in [-0.1, -0.05) is 18.7 Å². The zero-order valence-corrected chi connectivity index (χ0v) is 13.7. The molecule has 1 aromatic rings. The second kappa shape index (κ2) is 7.22. The number of methoxy groups -OCH3 is 1. The third kappa shape index (κ3) is 3.95. The van der Waals surface area contributed by atoms with E-state index in [0.717, 1.165) is 42.9 Å². The number of hydrogen-bond donors (Lipinski definition) is 1. The van der Waals surface area contributed by atoms with Crippen LogP contribution in [0.25, 0.3) is 0 Å². The Balaban J connectivity index is 2.01. The molecule has 1 fully saturated rings. The van der Waals surface area contributed by atoms with Crippen LogP contribution in [0.2, 0.25) is 0 Å². The van der Waals surface area contributed by atoms with Crippen LogP contribution in [0.15, 0.2) is 17.6 Å². The van der Waals surface area contributed by atoms with Gasteiger partial charge in [-0.05, 0) is 44.7 Å². The van der Waals surface area contributed by atoms with Gasteiger partial charge in [-0.3, -0.25) is 4.79 Å². The average molecular weight is 309 g/mol. The van der Waals surface area contributed by atoms with Gasteiger partial charge in [-0.25, -0.2) is 9.97 Å². The van der Waals surface area contributed by atoms with E-state index in [-0.39, 0.29) is 5.97 Å². The van der Waals surface area contributed by atoms with E-state index in [1.54, 1.807) is 11.8 Å². The number of carbonyl (C=O) groups is 1. The number of carbonyl (C=O) groups excluding carboxylic acids is 1. The standard InChI is InChI=1S/C15H23N3O2S/c1-4-7-18-15(13(19)20-3)6-5-12(8-15)21-14-16-9-11(2)10-17-14/h9-10,12,18H,4-8H2,1-3H3. The first-order chi connectivity index (χ1) is 10.1. The largest absolute Gasteiger partial charge is 0.468 e. The van der Waals surface area contributed by atoms with E-state index in [4.69, 9.17) is 4.74 Å². The quantitative estimate of drug-likeness (QED) is 0.643. The maximum absolute atomic E-state index is 12.2. The van der Waals surface area contributed by atoms with Crippen LogP contribution in [0.4, 0.5) is 0 Å². The van der Waals surface area contributed by atoms with Crippen LogP contribution in [0, 0.1) is 6.92 Å². The lowest BCUT2D eigenvalue weighted by molar-refractivity contribution is -0.148. The van der Waals surface area contributed by atoms with Crippen LogP contribution in [0.3, 0.4) is 0 Å². The molecule has 2 atom stereocenters. The van der Waals surface area contributed by atoms with E-state index >= 15 is 0 Å². The highest BCUT2D eigenvalue weighted by atomic mass is 32.2. The zero-order chi connectivity index (χ0) is 15.3. The van der Waals surface area contributed by atoms with E-state index in [9.17, 15) is 4.79 Å². The second-order valence-electron chi connectivity index (χ2n) is 5.53. The van der Waals surface area contributed by atoms with Crippen molar-refractivity contribution in [3.63, 3.8) is 0 Å². The number of rotatable bonds is 6. The summed E-state index contributed by atoms with van der Waals surface area (Å²) in [6, 6.07) is 0. The Hall–Kier alpha value is -1.14. The molecule has 0 aromatic carbocycles. The Bertz CT molecular complexity index is 480. The van der Waals surface area contributed by atoms with Gasteiger partial charge in [0.2, 0.25) is 0 Å². The maximum Gasteiger partial charge on any atom is 0.326 e. The molecule has 1 aromatic heterocycles. The molecule has 0 spiro atoms. The molecule has 1 saturated carbocycles. The minimum Gasteiger partial charge on any atom is -0.468 e. The Morgan fingerprint density at radius 1 is 1.52 bits per heavy atom. The molecular weight excluding hydrogens is 286 g/mol. The normalized spacial score (nSPS) is 25.0. The van der Waals surface area contributed by atoms with Crippen molar-refractivity contribution in [1.29, 1.82) is 0 Å². The molecule has 0 bridgehead atoms. The number of thioether (sulfide) groups is 1. The fourth-order valence-corrected chi connectivity index (χ4v) is 3.80. The first-order valence-electron chi connectivity index (χ1n) is 7.38. The molecule has 1 heterocycles. The summed E-state index contributed by atoms with van der Waals surface area (Å²) >= 11 is 1.65. The first-order valence-corrected chi connectivity index (χ1v) is 8.26. The van der Waals surface area contributed by atoms with E-state index in [0.29, 0.717) is 5.25 Å². The van der Waals surface area contributed by atoms with Crippen molar-refractivity contribution in [3.05, 3.63) is 18.0 Å². The molecule has 1 aliphatic rings. The van der Waals surface area contributed by atoms with Gasteiger partial charge in [-0.2, -0.15) is 0 Å². The molecule has 0 amide bonds. The molecule has 116 valence electrons. The summed E-state index contributed by atoms with van der Waals surface area (Å²) in [6.07, 6.45) is 7.19. The molecule has 2 unspecified atom stereocenters. The maximum atomic E-state index is 12.2. The molecule has 2 rings (SSSR count). The second-order valence-corrected chi connectivity index (χ2v) is 6.79. The Labute approximate surface area is 130 Å². The number of nitrogens with zero attached hydrogens (tertiary/aromatic N) is 2. The van der Waals surface area contributed by atoms with Gasteiger partial charge in [0.1, 0.15) is 5.54 Å². The van der Waals surface area contributed by atoms with Crippen LogP contribution in [0.5, 0.6) is 0 Å². The molecule has 0 aliphatic heterocycles. The minimum absolute atomic E-state index is 0.149. The van der Waals surface area contributed by atoms with Crippen LogP contribution in [0.1, 0.15) is 38.2 Å². The number of aryl methyl sites for hydroxylation is 1. The van der Waals surface area contributed by atoms with Crippen molar-refractivity contribution in [3.8, 4) is 0 Å². The van der Waals surface area contributed by atoms with E-state index in [1.165, 1.54) is 7.11 Å². The lowest BCUT2D eigenvalue weighted by atomic mass is 9.97. The number of hydrogen-bond acceptors (Lipinski definition) is 6. The summed E-state index contributed by atoms with van der Waals surface area (Å²) in [7, 11) is 1.46. The molecule has 1 aliphatic carbocycles. The van der Waals surface area contributed by atoms with Crippen molar-refractivity contribution in [2.24, 2.45) is 0 Å². The van der Waals surface area contributed by atoms with Gasteiger partial charge in [0.25, 0.3) is 0 Å². The average Bonchev–Trinajstić information content (AvgIpc) is 2.91. The monoisotopic (exact) mass is 309 g/mol. The van der Waals surface area contributed by atoms with Crippen molar-refractivity contribution < 1.29 is 9.53 Å². The Morgan fingerprint density at radius 3 is 2.86 bits per heavy atom. The predicted octanol–water partition coefficient (Wildman–Crippen LogP) is 2.34. The number of aromatic nitrogens is 2. The molecule has 1 N–H and O–H groups in total. The molecule has 6 heteroatoms. The van der Waals surface area contributed by atoms with Gasteiger partial charge in [0, 0.05) is 17.6 Å².